The molecule has 356 valence electrons. The number of hydrogen-bond donors (Lipinski definition) is 2. The normalized spacial score (nSPS) is 22.8. The van der Waals surface area contributed by atoms with Gasteiger partial charge in [0.15, 0.2) is 41.1 Å². The van der Waals surface area contributed by atoms with Crippen LogP contribution in [0, 0.1) is 37.1 Å². The molecule has 6 atom stereocenters. The number of carbonyl (C=O) groups excluding carboxylic acids is 4. The van der Waals surface area contributed by atoms with Gasteiger partial charge in [0.2, 0.25) is 10.9 Å². The van der Waals surface area contributed by atoms with Gasteiger partial charge in [0.05, 0.1) is 45.1 Å². The Kier molecular flexibility index (Phi) is 13.2. The number of aromatic nitrogens is 2. The summed E-state index contributed by atoms with van der Waals surface area (Å²) in [4.78, 5) is 79.6. The van der Waals surface area contributed by atoms with Gasteiger partial charge in [0.1, 0.15) is 28.8 Å². The third-order valence-electron chi connectivity index (χ3n) is 13.1. The molecule has 3 amide bonds. The average Bonchev–Trinajstić information content (AvgIpc) is 3.84. The molecule has 2 aliphatic carbocycles. The molecular formula is C47H50F4N6O10. The number of rotatable bonds is 7. The third-order valence-corrected chi connectivity index (χ3v) is 13.1. The first-order valence-corrected chi connectivity index (χ1v) is 21.9. The number of benzene rings is 2. The maximum absolute atomic E-state index is 14.1. The highest BCUT2D eigenvalue weighted by molar-refractivity contribution is 6.00. The topological polar surface area (TPSA) is 194 Å². The molecule has 6 aliphatic rings. The van der Waals surface area contributed by atoms with Crippen LogP contribution in [0.2, 0.25) is 0 Å². The zero-order chi connectivity index (χ0) is 48.2. The SMILES string of the molecule is COc1c2n(cc(C(=O)NCc3c(F)cc(C)cc3F)c1=O)C[C@H]1O[C@@H]3CC[C@@H](C3)N1C2=O.COc1c2n(cc(C(C)=O)c1=O)C[C@H]1O[C@@H]3CC[C@@H](C3)N1C2=O.Cc1cc(F)c(CN)c(F)c1. The van der Waals surface area contributed by atoms with E-state index in [4.69, 9.17) is 24.7 Å². The summed E-state index contributed by atoms with van der Waals surface area (Å²) >= 11 is 0. The van der Waals surface area contributed by atoms with Gasteiger partial charge in [-0.1, -0.05) is 0 Å². The number of carbonyl (C=O) groups is 4. The Morgan fingerprint density at radius 3 is 1.52 bits per heavy atom. The highest BCUT2D eigenvalue weighted by Gasteiger charge is 2.49. The number of Topliss-reactive ketones (excluding diaryl/α,β-unsaturated/α-hetero) is 1. The number of ether oxygens (including phenoxy) is 4. The van der Waals surface area contributed by atoms with Crippen LogP contribution in [-0.2, 0) is 35.7 Å². The number of nitrogens with zero attached hydrogens (tertiary/aromatic N) is 4. The fourth-order valence-corrected chi connectivity index (χ4v) is 9.95. The number of ketones is 1. The van der Waals surface area contributed by atoms with Crippen LogP contribution < -0.4 is 31.4 Å². The molecule has 0 unspecified atom stereocenters. The van der Waals surface area contributed by atoms with E-state index in [2.05, 4.69) is 5.32 Å². The minimum Gasteiger partial charge on any atom is -0.491 e. The molecule has 2 saturated heterocycles. The molecule has 2 saturated carbocycles. The molecule has 2 aromatic carbocycles. The van der Waals surface area contributed by atoms with Crippen LogP contribution in [0.15, 0.2) is 46.2 Å². The molecule has 3 N–H and O–H groups in total. The van der Waals surface area contributed by atoms with E-state index in [1.54, 1.807) is 28.2 Å². The summed E-state index contributed by atoms with van der Waals surface area (Å²) in [5.74, 6) is -4.80. The largest absolute Gasteiger partial charge is 0.491 e. The molecular weight excluding hydrogens is 885 g/mol. The second-order valence-corrected chi connectivity index (χ2v) is 17.5. The van der Waals surface area contributed by atoms with Crippen molar-refractivity contribution in [1.82, 2.24) is 24.3 Å². The molecule has 4 aromatic rings. The number of aryl methyl sites for hydroxylation is 2. The Balaban J connectivity index is 0.000000154. The highest BCUT2D eigenvalue weighted by atomic mass is 19.1. The van der Waals surface area contributed by atoms with Crippen LogP contribution in [-0.4, -0.2) is 93.4 Å². The first-order valence-electron chi connectivity index (χ1n) is 21.9. The van der Waals surface area contributed by atoms with E-state index in [1.165, 1.54) is 50.2 Å². The van der Waals surface area contributed by atoms with E-state index in [0.29, 0.717) is 17.7 Å². The molecule has 10 rings (SSSR count). The lowest BCUT2D eigenvalue weighted by atomic mass is 10.1. The van der Waals surface area contributed by atoms with Crippen molar-refractivity contribution in [3.8, 4) is 11.5 Å². The molecule has 0 radical (unpaired) electrons. The van der Waals surface area contributed by atoms with Crippen LogP contribution >= 0.6 is 0 Å². The molecule has 6 heterocycles. The second kappa shape index (κ2) is 18.7. The predicted octanol–water partition coefficient (Wildman–Crippen LogP) is 4.63. The Bertz CT molecular complexity index is 2770. The Morgan fingerprint density at radius 2 is 1.10 bits per heavy atom. The van der Waals surface area contributed by atoms with Crippen LogP contribution in [0.25, 0.3) is 0 Å². The summed E-state index contributed by atoms with van der Waals surface area (Å²) in [5, 5.41) is 2.39. The first kappa shape index (κ1) is 47.1. The van der Waals surface area contributed by atoms with Gasteiger partial charge in [0, 0.05) is 48.7 Å². The highest BCUT2D eigenvalue weighted by Crippen LogP contribution is 2.40. The van der Waals surface area contributed by atoms with E-state index >= 15 is 0 Å². The van der Waals surface area contributed by atoms with Crippen LogP contribution in [0.3, 0.4) is 0 Å². The molecule has 0 spiro atoms. The number of halogens is 4. The minimum atomic E-state index is -0.826. The van der Waals surface area contributed by atoms with Gasteiger partial charge < -0.3 is 48.9 Å². The fourth-order valence-electron chi connectivity index (χ4n) is 9.95. The first-order chi connectivity index (χ1) is 31.9. The van der Waals surface area contributed by atoms with Gasteiger partial charge in [-0.25, -0.2) is 17.6 Å². The van der Waals surface area contributed by atoms with Gasteiger partial charge in [0.25, 0.3) is 17.7 Å². The van der Waals surface area contributed by atoms with Crippen LogP contribution in [0.1, 0.15) is 109 Å². The Morgan fingerprint density at radius 1 is 0.687 bits per heavy atom. The lowest BCUT2D eigenvalue weighted by Crippen LogP contribution is -2.57. The lowest BCUT2D eigenvalue weighted by molar-refractivity contribution is -0.132. The van der Waals surface area contributed by atoms with E-state index in [0.717, 1.165) is 50.7 Å². The van der Waals surface area contributed by atoms with E-state index in [-0.39, 0.29) is 106 Å². The number of fused-ring (bicyclic) bond motifs is 10. The van der Waals surface area contributed by atoms with Crippen molar-refractivity contribution in [3.63, 3.8) is 0 Å². The monoisotopic (exact) mass is 934 g/mol. The summed E-state index contributed by atoms with van der Waals surface area (Å²) in [6, 6.07) is 5.08. The lowest BCUT2D eigenvalue weighted by Gasteiger charge is -2.44. The molecule has 4 aliphatic heterocycles. The summed E-state index contributed by atoms with van der Waals surface area (Å²) in [5.41, 5.74) is 4.48. The maximum Gasteiger partial charge on any atom is 0.276 e. The summed E-state index contributed by atoms with van der Waals surface area (Å²) < 4.78 is 79.4. The van der Waals surface area contributed by atoms with Crippen LogP contribution in [0.4, 0.5) is 17.6 Å². The Labute approximate surface area is 381 Å². The van der Waals surface area contributed by atoms with Crippen molar-refractivity contribution < 1.29 is 55.7 Å². The van der Waals surface area contributed by atoms with Gasteiger partial charge in [-0.05, 0) is 94.7 Å². The number of amides is 3. The van der Waals surface area contributed by atoms with Crippen LogP contribution in [0.5, 0.6) is 11.5 Å². The van der Waals surface area contributed by atoms with Crippen molar-refractivity contribution in [2.45, 2.75) is 122 Å². The molecule has 2 aromatic heterocycles. The Hall–Kier alpha value is -6.38. The molecule has 4 bridgehead atoms. The number of nitrogens with two attached hydrogens (primary N) is 1. The third kappa shape index (κ3) is 8.73. The van der Waals surface area contributed by atoms with E-state index in [9.17, 15) is 46.3 Å². The average molecular weight is 935 g/mol. The van der Waals surface area contributed by atoms with Gasteiger partial charge >= 0.3 is 0 Å². The molecule has 67 heavy (non-hydrogen) atoms. The molecule has 16 nitrogen and oxygen atoms in total. The maximum atomic E-state index is 14.1. The fraction of sp³-hybridized carbons (Fsp3) is 0.447. The molecule has 4 fully saturated rings. The number of nitrogens with one attached hydrogen (secondary N) is 1. The van der Waals surface area contributed by atoms with E-state index < -0.39 is 52.8 Å². The second-order valence-electron chi connectivity index (χ2n) is 17.5. The zero-order valence-corrected chi connectivity index (χ0v) is 37.5. The van der Waals surface area contributed by atoms with Crippen molar-refractivity contribution in [2.24, 2.45) is 5.73 Å². The zero-order valence-electron chi connectivity index (χ0n) is 37.5. The standard InChI is InChI=1S/C23H23F2N3O5.C16H18N2O5.C8H9F2N/c1-11-5-16(24)14(17(25)6-11)8-26-22(30)15-9-27-10-18-28(12-3-4-13(7-12)33-18)23(31)19(27)21(32-2)20(15)29;1-8(19)11-6-17-7-12-18(9-3-4-10(5-9)23-12)16(21)13(17)15(22-2)14(11)20;1-5-2-7(9)6(4-11)8(10)3-5/h5-6,9,12-13,18H,3-4,7-8,10H2,1-2H3,(H,26,30);6,9-10,12H,3-5,7H2,1-2H3;2-3H,4,11H2,1H3/t12-,13+,18+;9-,10+,12+;/m00./s1. The summed E-state index contributed by atoms with van der Waals surface area (Å²) in [7, 11) is 2.60. The minimum absolute atomic E-state index is 0.0330. The summed E-state index contributed by atoms with van der Waals surface area (Å²) in [6.45, 7) is 4.62. The quantitative estimate of drug-likeness (QED) is 0.194. The summed E-state index contributed by atoms with van der Waals surface area (Å²) in [6.07, 6.45) is 7.40. The number of hydrogen-bond acceptors (Lipinski definition) is 11. The molecule has 20 heteroatoms. The number of methoxy groups -OCH3 is 2. The van der Waals surface area contributed by atoms with Crippen molar-refractivity contribution in [3.05, 3.63) is 125 Å². The van der Waals surface area contributed by atoms with Crippen molar-refractivity contribution in [2.75, 3.05) is 14.2 Å². The predicted molar refractivity (Wildman–Crippen MR) is 231 cm³/mol. The smallest absolute Gasteiger partial charge is 0.276 e. The number of pyridine rings is 2. The van der Waals surface area contributed by atoms with E-state index in [1.807, 2.05) is 0 Å². The van der Waals surface area contributed by atoms with Gasteiger partial charge in [-0.2, -0.15) is 0 Å². The van der Waals surface area contributed by atoms with Gasteiger partial charge in [-0.15, -0.1) is 0 Å². The van der Waals surface area contributed by atoms with Gasteiger partial charge in [-0.3, -0.25) is 28.8 Å². The van der Waals surface area contributed by atoms with Crippen molar-refractivity contribution in [1.29, 1.82) is 0 Å². The van der Waals surface area contributed by atoms with Crippen molar-refractivity contribution >= 4 is 23.5 Å².